The predicted octanol–water partition coefficient (Wildman–Crippen LogP) is 7.12. The van der Waals surface area contributed by atoms with Gasteiger partial charge < -0.3 is 14.7 Å². The Morgan fingerprint density at radius 3 is 2.46 bits per heavy atom. The van der Waals surface area contributed by atoms with Crippen molar-refractivity contribution in [3.63, 3.8) is 0 Å². The number of aryl methyl sites for hydroxylation is 1. The zero-order chi connectivity index (χ0) is 26.6. The van der Waals surface area contributed by atoms with E-state index in [-0.39, 0.29) is 5.91 Å². The molecule has 0 saturated heterocycles. The van der Waals surface area contributed by atoms with Gasteiger partial charge in [-0.3, -0.25) is 4.79 Å². The third-order valence-electron chi connectivity index (χ3n) is 6.36. The first-order chi connectivity index (χ1) is 17.4. The largest absolute Gasteiger partial charge is 0.479 e. The number of aliphatic carboxylic acids is 1. The number of thiazole rings is 1. The van der Waals surface area contributed by atoms with Gasteiger partial charge in [-0.2, -0.15) is 0 Å². The van der Waals surface area contributed by atoms with Crippen LogP contribution in [0.25, 0.3) is 31.9 Å². The lowest BCUT2D eigenvalue weighted by molar-refractivity contribution is -0.160. The van der Waals surface area contributed by atoms with Gasteiger partial charge in [0, 0.05) is 40.9 Å². The SMILES string of the molecule is Cc1cc2nc(-c3ccc4c(c3)CN(C)C4=O)sc2c(-c2ccc(Cl)cc2)c1C(OC(C)(C)C)C(=O)O. The number of nitrogens with zero attached hydrogens (tertiary/aromatic N) is 2. The van der Waals surface area contributed by atoms with Crippen molar-refractivity contribution in [2.45, 2.75) is 45.9 Å². The molecule has 1 aromatic heterocycles. The number of carboxylic acids is 1. The summed E-state index contributed by atoms with van der Waals surface area (Å²) in [5, 5.41) is 11.6. The van der Waals surface area contributed by atoms with Gasteiger partial charge in [-0.15, -0.1) is 11.3 Å². The topological polar surface area (TPSA) is 79.7 Å². The molecule has 0 bridgehead atoms. The van der Waals surface area contributed by atoms with Gasteiger partial charge in [0.25, 0.3) is 5.91 Å². The molecule has 1 atom stereocenters. The Balaban J connectivity index is 1.75. The monoisotopic (exact) mass is 534 g/mol. The molecule has 4 aromatic rings. The molecule has 8 heteroatoms. The van der Waals surface area contributed by atoms with Crippen molar-refractivity contribution in [1.29, 1.82) is 0 Å². The van der Waals surface area contributed by atoms with Crippen LogP contribution in [0.1, 0.15) is 53.9 Å². The lowest BCUT2D eigenvalue weighted by atomic mass is 9.91. The van der Waals surface area contributed by atoms with E-state index in [4.69, 9.17) is 21.3 Å². The second-order valence-corrected chi connectivity index (χ2v) is 11.8. The number of hydrogen-bond acceptors (Lipinski definition) is 5. The first-order valence-electron chi connectivity index (χ1n) is 11.9. The number of hydrogen-bond donors (Lipinski definition) is 1. The summed E-state index contributed by atoms with van der Waals surface area (Å²) in [6.45, 7) is 8.00. The molecule has 0 aliphatic carbocycles. The van der Waals surface area contributed by atoms with Crippen LogP contribution >= 0.6 is 22.9 Å². The first kappa shape index (κ1) is 25.4. The second kappa shape index (κ2) is 9.24. The van der Waals surface area contributed by atoms with Crippen LogP contribution in [0.2, 0.25) is 5.02 Å². The second-order valence-electron chi connectivity index (χ2n) is 10.3. The Labute approximate surface area is 224 Å². The maximum Gasteiger partial charge on any atom is 0.337 e. The van der Waals surface area contributed by atoms with Crippen LogP contribution in [0.5, 0.6) is 0 Å². The highest BCUT2D eigenvalue weighted by Crippen LogP contribution is 2.44. The van der Waals surface area contributed by atoms with Crippen molar-refractivity contribution in [1.82, 2.24) is 9.88 Å². The summed E-state index contributed by atoms with van der Waals surface area (Å²) in [6.07, 6.45) is -1.16. The number of aromatic nitrogens is 1. The number of fused-ring (bicyclic) bond motifs is 2. The molecule has 0 fully saturated rings. The van der Waals surface area contributed by atoms with Crippen molar-refractivity contribution in [3.05, 3.63) is 75.8 Å². The molecule has 3 aromatic carbocycles. The molecule has 1 aliphatic rings. The van der Waals surface area contributed by atoms with Gasteiger partial charge in [-0.1, -0.05) is 29.8 Å². The smallest absolute Gasteiger partial charge is 0.337 e. The average molecular weight is 535 g/mol. The Hall–Kier alpha value is -3.26. The standard InChI is InChI=1S/C29H27ClN2O4S/c1-15-12-21-25(37-26(31-21)17-8-11-20-18(13-17)14-32(5)27(20)33)23(16-6-9-19(30)10-7-16)22(15)24(28(34)35)36-29(2,3)4/h6-13,24H,14H2,1-5H3,(H,34,35). The van der Waals surface area contributed by atoms with Gasteiger partial charge in [0.2, 0.25) is 0 Å². The van der Waals surface area contributed by atoms with E-state index >= 15 is 0 Å². The van der Waals surface area contributed by atoms with Crippen LogP contribution in [-0.4, -0.2) is 39.5 Å². The van der Waals surface area contributed by atoms with E-state index in [0.717, 1.165) is 48.6 Å². The van der Waals surface area contributed by atoms with Gasteiger partial charge >= 0.3 is 5.97 Å². The van der Waals surface area contributed by atoms with Gasteiger partial charge in [0.1, 0.15) is 5.01 Å². The van der Waals surface area contributed by atoms with E-state index < -0.39 is 17.7 Å². The highest BCUT2D eigenvalue weighted by molar-refractivity contribution is 7.22. The summed E-state index contributed by atoms with van der Waals surface area (Å²) >= 11 is 7.69. The number of halogens is 1. The summed E-state index contributed by atoms with van der Waals surface area (Å²) in [5.74, 6) is -1.03. The Kier molecular flexibility index (Phi) is 6.34. The zero-order valence-electron chi connectivity index (χ0n) is 21.3. The molecule has 1 aliphatic heterocycles. The lowest BCUT2D eigenvalue weighted by Gasteiger charge is -2.28. The summed E-state index contributed by atoms with van der Waals surface area (Å²) < 4.78 is 6.96. The minimum atomic E-state index is -1.16. The minimum absolute atomic E-state index is 0.0229. The molecular formula is C29H27ClN2O4S. The minimum Gasteiger partial charge on any atom is -0.479 e. The van der Waals surface area contributed by atoms with E-state index in [1.165, 1.54) is 11.3 Å². The molecule has 0 radical (unpaired) electrons. The molecule has 2 heterocycles. The predicted molar refractivity (Wildman–Crippen MR) is 147 cm³/mol. The summed E-state index contributed by atoms with van der Waals surface area (Å²) in [6, 6.07) is 15.1. The molecule has 0 saturated carbocycles. The fraction of sp³-hybridized carbons (Fsp3) is 0.276. The van der Waals surface area contributed by atoms with Gasteiger partial charge in [-0.25, -0.2) is 9.78 Å². The van der Waals surface area contributed by atoms with E-state index in [9.17, 15) is 14.7 Å². The molecule has 1 unspecified atom stereocenters. The number of ether oxygens (including phenoxy) is 1. The Morgan fingerprint density at radius 2 is 1.81 bits per heavy atom. The third-order valence-corrected chi connectivity index (χ3v) is 7.75. The van der Waals surface area contributed by atoms with Gasteiger partial charge in [0.05, 0.1) is 15.8 Å². The van der Waals surface area contributed by atoms with Crippen LogP contribution in [0.15, 0.2) is 48.5 Å². The average Bonchev–Trinajstić information content (AvgIpc) is 3.36. The summed E-state index contributed by atoms with van der Waals surface area (Å²) in [5.41, 5.74) is 5.73. The number of carboxylic acid groups (broad SMARTS) is 1. The van der Waals surface area contributed by atoms with Crippen molar-refractivity contribution in [2.75, 3.05) is 7.05 Å². The molecule has 190 valence electrons. The first-order valence-corrected chi connectivity index (χ1v) is 13.1. The number of benzene rings is 3. The number of rotatable bonds is 5. The number of carbonyl (C=O) groups is 2. The van der Waals surface area contributed by atoms with Crippen LogP contribution in [0.3, 0.4) is 0 Å². The number of carbonyl (C=O) groups excluding carboxylic acids is 1. The molecule has 1 N–H and O–H groups in total. The van der Waals surface area contributed by atoms with E-state index in [2.05, 4.69) is 0 Å². The highest BCUT2D eigenvalue weighted by Gasteiger charge is 2.32. The summed E-state index contributed by atoms with van der Waals surface area (Å²) in [7, 11) is 1.79. The molecule has 37 heavy (non-hydrogen) atoms. The molecule has 0 spiro atoms. The lowest BCUT2D eigenvalue weighted by Crippen LogP contribution is -2.28. The Morgan fingerprint density at radius 1 is 1.14 bits per heavy atom. The fourth-order valence-electron chi connectivity index (χ4n) is 4.76. The van der Waals surface area contributed by atoms with Crippen molar-refractivity contribution >= 4 is 45.0 Å². The van der Waals surface area contributed by atoms with Crippen LogP contribution in [0.4, 0.5) is 0 Å². The molecular weight excluding hydrogens is 508 g/mol. The molecule has 6 nitrogen and oxygen atoms in total. The summed E-state index contributed by atoms with van der Waals surface area (Å²) in [4.78, 5) is 31.5. The normalized spacial score (nSPS) is 14.3. The highest BCUT2D eigenvalue weighted by atomic mass is 35.5. The third kappa shape index (κ3) is 4.75. The maximum absolute atomic E-state index is 12.5. The van der Waals surface area contributed by atoms with Gasteiger partial charge in [0.15, 0.2) is 6.10 Å². The van der Waals surface area contributed by atoms with E-state index in [1.807, 2.05) is 64.1 Å². The zero-order valence-corrected chi connectivity index (χ0v) is 22.8. The van der Waals surface area contributed by atoms with E-state index in [0.29, 0.717) is 17.1 Å². The quantitative estimate of drug-likeness (QED) is 0.295. The molecule has 5 rings (SSSR count). The van der Waals surface area contributed by atoms with Gasteiger partial charge in [-0.05, 0) is 74.7 Å². The van der Waals surface area contributed by atoms with Crippen LogP contribution in [0, 0.1) is 6.92 Å². The fourth-order valence-corrected chi connectivity index (χ4v) is 6.01. The Bertz CT molecular complexity index is 1550. The van der Waals surface area contributed by atoms with E-state index in [1.54, 1.807) is 24.1 Å². The molecule has 1 amide bonds. The van der Waals surface area contributed by atoms with Crippen LogP contribution < -0.4 is 0 Å². The van der Waals surface area contributed by atoms with Crippen molar-refractivity contribution < 1.29 is 19.4 Å². The van der Waals surface area contributed by atoms with Crippen molar-refractivity contribution in [2.24, 2.45) is 0 Å². The van der Waals surface area contributed by atoms with Crippen molar-refractivity contribution in [3.8, 4) is 21.7 Å². The number of amides is 1. The van der Waals surface area contributed by atoms with Crippen LogP contribution in [-0.2, 0) is 16.1 Å². The maximum atomic E-state index is 12.5.